The number of fused-ring (bicyclic) bond motifs is 2. The van der Waals surface area contributed by atoms with E-state index in [0.29, 0.717) is 45.6 Å². The van der Waals surface area contributed by atoms with Crippen molar-refractivity contribution in [3.63, 3.8) is 0 Å². The summed E-state index contributed by atoms with van der Waals surface area (Å²) < 4.78 is 6.28. The van der Waals surface area contributed by atoms with E-state index in [9.17, 15) is 29.2 Å². The molecule has 2 saturated carbocycles. The molecule has 4 atom stereocenters. The summed E-state index contributed by atoms with van der Waals surface area (Å²) in [7, 11) is 0. The number of hydroxylamine groups is 1. The molecule has 5 fully saturated rings. The molecule has 0 bridgehead atoms. The zero-order valence-corrected chi connectivity index (χ0v) is 36.3. The van der Waals surface area contributed by atoms with Crippen molar-refractivity contribution >= 4 is 46.8 Å². The number of piperidine rings is 1. The molecule has 5 amide bonds. The average Bonchev–Trinajstić information content (AvgIpc) is 3.98. The van der Waals surface area contributed by atoms with Gasteiger partial charge in [0.15, 0.2) is 0 Å². The molecule has 0 radical (unpaired) electrons. The minimum Gasteiger partial charge on any atom is -0.490 e. The van der Waals surface area contributed by atoms with Crippen molar-refractivity contribution in [2.24, 2.45) is 17.6 Å². The number of benzene rings is 2. The van der Waals surface area contributed by atoms with Crippen LogP contribution >= 0.6 is 11.6 Å². The zero-order valence-electron chi connectivity index (χ0n) is 35.5. The lowest BCUT2D eigenvalue weighted by molar-refractivity contribution is -0.136. The molecule has 8 aliphatic rings. The first-order chi connectivity index (χ1) is 31.0. The Morgan fingerprint density at radius 1 is 0.859 bits per heavy atom. The Labute approximate surface area is 376 Å². The van der Waals surface area contributed by atoms with E-state index in [1.807, 2.05) is 18.2 Å². The van der Waals surface area contributed by atoms with E-state index < -0.39 is 29.7 Å². The Morgan fingerprint density at radius 2 is 1.61 bits per heavy atom. The highest BCUT2D eigenvalue weighted by Gasteiger charge is 2.47. The number of piperazine rings is 1. The largest absolute Gasteiger partial charge is 0.490 e. The Balaban J connectivity index is 0.000000516. The molecule has 0 spiro atoms. The van der Waals surface area contributed by atoms with E-state index in [2.05, 4.69) is 59.5 Å². The Hall–Kier alpha value is -6.31. The first kappa shape index (κ1) is 43.0. The number of nitrogens with one attached hydrogen (secondary N) is 2. The summed E-state index contributed by atoms with van der Waals surface area (Å²) in [6, 6.07) is 13.0. The number of amides is 5. The second kappa shape index (κ2) is 18.4. The number of hydrogen-bond acceptors (Lipinski definition) is 13. The molecule has 334 valence electrons. The van der Waals surface area contributed by atoms with Crippen molar-refractivity contribution in [1.82, 2.24) is 30.4 Å². The molecule has 10 rings (SSSR count). The van der Waals surface area contributed by atoms with Gasteiger partial charge in [0, 0.05) is 76.1 Å². The second-order valence-corrected chi connectivity index (χ2v) is 18.1. The number of anilines is 1. The lowest BCUT2D eigenvalue weighted by Gasteiger charge is -2.47. The van der Waals surface area contributed by atoms with Crippen molar-refractivity contribution in [2.75, 3.05) is 50.7 Å². The Bertz CT molecular complexity index is 2360. The highest BCUT2D eigenvalue weighted by molar-refractivity contribution is 6.31. The molecule has 3 saturated heterocycles. The minimum absolute atomic E-state index is 0.106. The quantitative estimate of drug-likeness (QED) is 0.323. The van der Waals surface area contributed by atoms with Crippen LogP contribution in [0.3, 0.4) is 0 Å². The number of halogens is 1. The topological polar surface area (TPSA) is 194 Å². The van der Waals surface area contributed by atoms with E-state index in [1.54, 1.807) is 24.3 Å². The first-order valence-electron chi connectivity index (χ1n) is 22.2. The second-order valence-electron chi connectivity index (χ2n) is 17.7. The van der Waals surface area contributed by atoms with Crippen molar-refractivity contribution in [3.8, 4) is 11.8 Å². The van der Waals surface area contributed by atoms with E-state index in [4.69, 9.17) is 22.1 Å². The summed E-state index contributed by atoms with van der Waals surface area (Å²) in [4.78, 5) is 76.9. The smallest absolute Gasteiger partial charge is 0.268 e. The van der Waals surface area contributed by atoms with Gasteiger partial charge in [-0.2, -0.15) is 5.26 Å². The number of carbonyl (C=O) groups excluding carboxylic acids is 5. The summed E-state index contributed by atoms with van der Waals surface area (Å²) >= 11 is 6.24. The van der Waals surface area contributed by atoms with Gasteiger partial charge in [-0.05, 0) is 105 Å². The molecular formula is C47H52ClN9O7. The molecule has 16 nitrogen and oxygen atoms in total. The van der Waals surface area contributed by atoms with Gasteiger partial charge in [0.1, 0.15) is 35.6 Å². The van der Waals surface area contributed by atoms with E-state index in [-0.39, 0.29) is 30.5 Å². The zero-order chi connectivity index (χ0) is 44.5. The van der Waals surface area contributed by atoms with Crippen LogP contribution in [0.4, 0.5) is 5.69 Å². The number of hydrogen-bond donors (Lipinski definition) is 3. The molecular weight excluding hydrogens is 838 g/mol. The van der Waals surface area contributed by atoms with Crippen LogP contribution < -0.4 is 26.2 Å². The van der Waals surface area contributed by atoms with Crippen LogP contribution in [-0.4, -0.2) is 119 Å². The summed E-state index contributed by atoms with van der Waals surface area (Å²) in [6.07, 6.45) is 18.1. The summed E-state index contributed by atoms with van der Waals surface area (Å²) in [5.74, 6) is 0.831. The summed E-state index contributed by atoms with van der Waals surface area (Å²) in [6.45, 7) is 6.95. The number of ether oxygens (including phenoxy) is 1. The van der Waals surface area contributed by atoms with Gasteiger partial charge in [-0.1, -0.05) is 23.8 Å². The van der Waals surface area contributed by atoms with Crippen molar-refractivity contribution < 1.29 is 33.5 Å². The molecule has 64 heavy (non-hydrogen) atoms. The number of nitrogens with zero attached hydrogens (tertiary/aromatic N) is 6. The first-order valence-corrected chi connectivity index (χ1v) is 22.6. The van der Waals surface area contributed by atoms with Crippen LogP contribution in [0.15, 0.2) is 84.6 Å². The molecule has 2 aromatic rings. The number of carbonyl (C=O) groups is 5. The Morgan fingerprint density at radius 3 is 2.27 bits per heavy atom. The monoisotopic (exact) mass is 889 g/mol. The maximum Gasteiger partial charge on any atom is 0.268 e. The van der Waals surface area contributed by atoms with Gasteiger partial charge in [0.05, 0.1) is 27.8 Å². The van der Waals surface area contributed by atoms with Gasteiger partial charge in [0.2, 0.25) is 11.8 Å². The van der Waals surface area contributed by atoms with Crippen LogP contribution in [-0.2, 0) is 19.2 Å². The maximum atomic E-state index is 13.4. The van der Waals surface area contributed by atoms with Gasteiger partial charge < -0.3 is 30.0 Å². The molecule has 1 unspecified atom stereocenters. The van der Waals surface area contributed by atoms with Crippen LogP contribution in [0, 0.1) is 23.2 Å². The molecule has 4 N–H and O–H groups in total. The maximum absolute atomic E-state index is 13.4. The fourth-order valence-corrected chi connectivity index (χ4v) is 10.9. The third-order valence-corrected chi connectivity index (χ3v) is 14.3. The lowest BCUT2D eigenvalue weighted by Crippen LogP contribution is -2.54. The van der Waals surface area contributed by atoms with Gasteiger partial charge in [-0.3, -0.25) is 39.1 Å². The molecule has 2 aliphatic carbocycles. The molecule has 17 heteroatoms. The van der Waals surface area contributed by atoms with E-state index in [1.165, 1.54) is 31.0 Å². The van der Waals surface area contributed by atoms with Crippen LogP contribution in [0.25, 0.3) is 0 Å². The number of nitrogens with two attached hydrogens (primary N) is 1. The fraction of sp³-hybridized carbons (Fsp3) is 0.447. The summed E-state index contributed by atoms with van der Waals surface area (Å²) in [5, 5.41) is 11.9. The number of nitriles is 1. The van der Waals surface area contributed by atoms with E-state index in [0.717, 1.165) is 87.8 Å². The normalized spacial score (nSPS) is 27.6. The Kier molecular flexibility index (Phi) is 12.4. The fourth-order valence-electron chi connectivity index (χ4n) is 10.7. The van der Waals surface area contributed by atoms with Gasteiger partial charge >= 0.3 is 0 Å². The molecule has 6 aliphatic heterocycles. The predicted octanol–water partition coefficient (Wildman–Crippen LogP) is 3.95. The lowest BCUT2D eigenvalue weighted by atomic mass is 9.91. The van der Waals surface area contributed by atoms with Crippen molar-refractivity contribution in [1.29, 1.82) is 5.26 Å². The van der Waals surface area contributed by atoms with Gasteiger partial charge in [-0.15, -0.1) is 0 Å². The summed E-state index contributed by atoms with van der Waals surface area (Å²) in [5.41, 5.74) is 9.54. The number of allylic oxidation sites excluding steroid dienone is 4. The molecule has 0 aromatic heterocycles. The van der Waals surface area contributed by atoms with Crippen molar-refractivity contribution in [3.05, 3.63) is 106 Å². The third kappa shape index (κ3) is 8.79. The van der Waals surface area contributed by atoms with Gasteiger partial charge in [-0.25, -0.2) is 5.48 Å². The van der Waals surface area contributed by atoms with E-state index >= 15 is 0 Å². The molecule has 2 aromatic carbocycles. The average molecular weight is 890 g/mol. The predicted molar refractivity (Wildman–Crippen MR) is 236 cm³/mol. The number of primary amides is 1. The highest BCUT2D eigenvalue weighted by Crippen LogP contribution is 2.43. The standard InChI is InChI=1S/C42H46ClN7O5.C5H6N2O2/c43-36-22-33(8-4-26(36)23-44)55-32-9-5-29(6-10-32)49-14-2-1-3-39(49)47-17-15-46(16-18-47)31-19-27-24-48(25-28(27)20-31)30-7-11-34-35(21-30)42(54)50(41(34)53)37-12-13-38(51)45-40(37)52;6-5(8)4-2-1-3-9-7-4/h1-4,7-8,11,21-22,27-29,31-32,37H,5-6,9-10,12-20,24-25H2,(H,45,51,52);1-3,7H,(H2,6,8)/t27-,28+,29?,31+,32?,37?;. The third-order valence-electron chi connectivity index (χ3n) is 13.9. The van der Waals surface area contributed by atoms with Crippen molar-refractivity contribution in [2.45, 2.75) is 75.6 Å². The molecule has 6 heterocycles. The van der Waals surface area contributed by atoms with Gasteiger partial charge in [0.25, 0.3) is 17.7 Å². The number of rotatable bonds is 8. The number of imide groups is 2. The van der Waals surface area contributed by atoms with Crippen LogP contribution in [0.1, 0.15) is 77.6 Å². The minimum atomic E-state index is -0.955. The SMILES string of the molecule is N#Cc1ccc(OC2CCC(N3CC=CC=C3N3CCN([C@H]4C[C@@H]5CN(c6ccc7c(c6)C(=O)N(C6CCC(=O)NC6=O)C7=O)C[C@@H]5C4)CC3)CC2)cc1Cl.NC(=O)C1=CC=CON1. The van der Waals surface area contributed by atoms with Crippen LogP contribution in [0.5, 0.6) is 5.75 Å². The van der Waals surface area contributed by atoms with Crippen LogP contribution in [0.2, 0.25) is 5.02 Å². The highest BCUT2D eigenvalue weighted by atomic mass is 35.5.